The van der Waals surface area contributed by atoms with E-state index in [1.54, 1.807) is 25.1 Å². The van der Waals surface area contributed by atoms with E-state index in [9.17, 15) is 18.8 Å². The van der Waals surface area contributed by atoms with E-state index in [1.165, 1.54) is 26.4 Å². The lowest BCUT2D eigenvalue weighted by molar-refractivity contribution is -0.118. The first-order valence-corrected chi connectivity index (χ1v) is 10.1. The fourth-order valence-electron chi connectivity index (χ4n) is 2.89. The minimum atomic E-state index is -0.856. The van der Waals surface area contributed by atoms with Gasteiger partial charge in [-0.2, -0.15) is 9.78 Å². The number of ether oxygens (including phenoxy) is 4. The summed E-state index contributed by atoms with van der Waals surface area (Å²) in [7, 11) is 2.94. The highest BCUT2D eigenvalue weighted by Crippen LogP contribution is 2.29. The van der Waals surface area contributed by atoms with Crippen molar-refractivity contribution in [1.29, 1.82) is 0 Å². The van der Waals surface area contributed by atoms with Gasteiger partial charge in [0.1, 0.15) is 17.3 Å². The molecule has 0 bridgehead atoms. The third-order valence-corrected chi connectivity index (χ3v) is 4.48. The lowest BCUT2D eigenvalue weighted by Gasteiger charge is -2.14. The zero-order valence-corrected chi connectivity index (χ0v) is 18.7. The van der Waals surface area contributed by atoms with Gasteiger partial charge in [0.05, 0.1) is 38.3 Å². The van der Waals surface area contributed by atoms with E-state index < -0.39 is 29.9 Å². The van der Waals surface area contributed by atoms with Gasteiger partial charge in [-0.05, 0) is 43.3 Å². The second-order valence-electron chi connectivity index (χ2n) is 6.71. The molecule has 0 saturated carbocycles. The molecule has 34 heavy (non-hydrogen) atoms. The van der Waals surface area contributed by atoms with Crippen molar-refractivity contribution in [2.75, 3.05) is 32.8 Å². The van der Waals surface area contributed by atoms with Gasteiger partial charge in [0.2, 0.25) is 5.69 Å². The molecule has 1 aromatic heterocycles. The summed E-state index contributed by atoms with van der Waals surface area (Å²) >= 11 is 0. The van der Waals surface area contributed by atoms with Gasteiger partial charge >= 0.3 is 5.97 Å². The summed E-state index contributed by atoms with van der Waals surface area (Å²) in [6.45, 7) is 1.11. The number of nitrogens with one attached hydrogen (secondary N) is 1. The Hall–Kier alpha value is -4.41. The molecule has 178 valence electrons. The molecule has 11 heteroatoms. The summed E-state index contributed by atoms with van der Waals surface area (Å²) in [6.07, 6.45) is 0. The van der Waals surface area contributed by atoms with Crippen molar-refractivity contribution in [3.63, 3.8) is 0 Å². The third-order valence-electron chi connectivity index (χ3n) is 4.48. The number of carbonyl (C=O) groups excluding carboxylic acids is 2. The molecule has 3 aromatic rings. The van der Waals surface area contributed by atoms with Crippen molar-refractivity contribution < 1.29 is 32.9 Å². The standard InChI is InChI=1S/C23H22FN3O7/c1-4-33-23(30)22-19(12-21(29)27(26-22)15-7-5-14(24)6-8-15)34-13-20(28)25-17-10-9-16(31-2)11-18(17)32-3/h5-12H,4,13H2,1-3H3,(H,25,28). The maximum atomic E-state index is 13.2. The van der Waals surface area contributed by atoms with Crippen LogP contribution in [0.4, 0.5) is 10.1 Å². The minimum Gasteiger partial charge on any atom is -0.497 e. The average Bonchev–Trinajstić information content (AvgIpc) is 2.83. The Kier molecular flexibility index (Phi) is 7.80. The van der Waals surface area contributed by atoms with Crippen molar-refractivity contribution >= 4 is 17.6 Å². The number of amides is 1. The van der Waals surface area contributed by atoms with Crippen molar-refractivity contribution in [3.8, 4) is 22.9 Å². The predicted molar refractivity (Wildman–Crippen MR) is 119 cm³/mol. The van der Waals surface area contributed by atoms with Crippen LogP contribution in [0.3, 0.4) is 0 Å². The quantitative estimate of drug-likeness (QED) is 0.473. The normalized spacial score (nSPS) is 10.4. The molecule has 0 aliphatic rings. The first-order valence-electron chi connectivity index (χ1n) is 10.1. The largest absolute Gasteiger partial charge is 0.497 e. The number of benzene rings is 2. The third kappa shape index (κ3) is 5.68. The van der Waals surface area contributed by atoms with E-state index in [0.717, 1.165) is 22.9 Å². The van der Waals surface area contributed by atoms with E-state index in [2.05, 4.69) is 10.4 Å². The van der Waals surface area contributed by atoms with Crippen LogP contribution in [0.2, 0.25) is 0 Å². The number of anilines is 1. The Balaban J connectivity index is 1.84. The summed E-state index contributed by atoms with van der Waals surface area (Å²) in [5.41, 5.74) is -0.382. The number of rotatable bonds is 9. The molecule has 0 aliphatic carbocycles. The number of halogens is 1. The Bertz CT molecular complexity index is 1240. The average molecular weight is 471 g/mol. The summed E-state index contributed by atoms with van der Waals surface area (Å²) in [4.78, 5) is 37.5. The van der Waals surface area contributed by atoms with E-state index >= 15 is 0 Å². The van der Waals surface area contributed by atoms with Gasteiger partial charge in [0.25, 0.3) is 11.5 Å². The molecule has 0 radical (unpaired) electrons. The highest BCUT2D eigenvalue weighted by atomic mass is 19.1. The van der Waals surface area contributed by atoms with Gasteiger partial charge in [-0.3, -0.25) is 9.59 Å². The minimum absolute atomic E-state index is 0.0490. The van der Waals surface area contributed by atoms with Crippen molar-refractivity contribution in [3.05, 3.63) is 70.4 Å². The van der Waals surface area contributed by atoms with Crippen LogP contribution in [0.25, 0.3) is 5.69 Å². The molecule has 3 rings (SSSR count). The van der Waals surface area contributed by atoms with Crippen LogP contribution in [0.1, 0.15) is 17.4 Å². The number of carbonyl (C=O) groups is 2. The van der Waals surface area contributed by atoms with Crippen LogP contribution < -0.4 is 25.1 Å². The maximum absolute atomic E-state index is 13.2. The molecule has 1 amide bonds. The number of nitrogens with zero attached hydrogens (tertiary/aromatic N) is 2. The molecule has 10 nitrogen and oxygen atoms in total. The molecular formula is C23H22FN3O7. The second kappa shape index (κ2) is 10.9. The molecule has 0 fully saturated rings. The van der Waals surface area contributed by atoms with Crippen molar-refractivity contribution in [2.45, 2.75) is 6.92 Å². The van der Waals surface area contributed by atoms with Crippen LogP contribution in [0, 0.1) is 5.82 Å². The van der Waals surface area contributed by atoms with E-state index in [0.29, 0.717) is 17.2 Å². The van der Waals surface area contributed by atoms with Gasteiger partial charge in [0, 0.05) is 6.07 Å². The molecule has 1 N–H and O–H groups in total. The van der Waals surface area contributed by atoms with Gasteiger partial charge in [-0.25, -0.2) is 9.18 Å². The van der Waals surface area contributed by atoms with Gasteiger partial charge in [-0.15, -0.1) is 0 Å². The first-order chi connectivity index (χ1) is 16.4. The Labute approximate surface area is 193 Å². The number of hydrogen-bond donors (Lipinski definition) is 1. The zero-order valence-electron chi connectivity index (χ0n) is 18.7. The molecule has 0 saturated heterocycles. The smallest absolute Gasteiger partial charge is 0.362 e. The lowest BCUT2D eigenvalue weighted by Crippen LogP contribution is -2.27. The zero-order chi connectivity index (χ0) is 24.7. The fraction of sp³-hybridized carbons (Fsp3) is 0.217. The Morgan fingerprint density at radius 1 is 1.03 bits per heavy atom. The van der Waals surface area contributed by atoms with Gasteiger partial charge in [-0.1, -0.05) is 0 Å². The number of esters is 1. The number of methoxy groups -OCH3 is 2. The van der Waals surface area contributed by atoms with Crippen molar-refractivity contribution in [1.82, 2.24) is 9.78 Å². The SMILES string of the molecule is CCOC(=O)c1nn(-c2ccc(F)cc2)c(=O)cc1OCC(=O)Nc1ccc(OC)cc1OC. The highest BCUT2D eigenvalue weighted by molar-refractivity contribution is 5.94. The number of aromatic nitrogens is 2. The topological polar surface area (TPSA) is 118 Å². The Morgan fingerprint density at radius 3 is 2.41 bits per heavy atom. The van der Waals surface area contributed by atoms with Crippen LogP contribution >= 0.6 is 0 Å². The Morgan fingerprint density at radius 2 is 1.76 bits per heavy atom. The maximum Gasteiger partial charge on any atom is 0.362 e. The predicted octanol–water partition coefficient (Wildman–Crippen LogP) is 2.58. The summed E-state index contributed by atoms with van der Waals surface area (Å²) < 4.78 is 34.9. The molecular weight excluding hydrogens is 449 g/mol. The second-order valence-corrected chi connectivity index (χ2v) is 6.71. The van der Waals surface area contributed by atoms with Gasteiger partial charge in [0.15, 0.2) is 12.4 Å². The van der Waals surface area contributed by atoms with Crippen LogP contribution in [0.15, 0.2) is 53.3 Å². The molecule has 1 heterocycles. The van der Waals surface area contributed by atoms with Crippen LogP contribution in [-0.4, -0.2) is 49.1 Å². The monoisotopic (exact) mass is 471 g/mol. The van der Waals surface area contributed by atoms with Crippen LogP contribution in [-0.2, 0) is 9.53 Å². The van der Waals surface area contributed by atoms with E-state index in [1.807, 2.05) is 0 Å². The van der Waals surface area contributed by atoms with E-state index in [-0.39, 0.29) is 23.7 Å². The molecule has 0 aliphatic heterocycles. The summed E-state index contributed by atoms with van der Waals surface area (Å²) in [5, 5.41) is 6.63. The highest BCUT2D eigenvalue weighted by Gasteiger charge is 2.21. The van der Waals surface area contributed by atoms with Crippen molar-refractivity contribution in [2.24, 2.45) is 0 Å². The molecule has 0 unspecified atom stereocenters. The van der Waals surface area contributed by atoms with Crippen LogP contribution in [0.5, 0.6) is 17.2 Å². The van der Waals surface area contributed by atoms with Gasteiger partial charge < -0.3 is 24.3 Å². The lowest BCUT2D eigenvalue weighted by atomic mass is 10.2. The van der Waals surface area contributed by atoms with E-state index in [4.69, 9.17) is 18.9 Å². The first kappa shape index (κ1) is 24.2. The molecule has 0 atom stereocenters. The summed E-state index contributed by atoms with van der Waals surface area (Å²) in [5.74, 6) is -1.27. The fourth-order valence-corrected chi connectivity index (χ4v) is 2.89. The molecule has 0 spiro atoms. The summed E-state index contributed by atoms with van der Waals surface area (Å²) in [6, 6.07) is 10.8. The molecule has 2 aromatic carbocycles. The number of hydrogen-bond acceptors (Lipinski definition) is 8.